The molecule has 1 aromatic heterocycles. The van der Waals surface area contributed by atoms with Crippen LogP contribution in [0.4, 0.5) is 18.9 Å². The Kier molecular flexibility index (Phi) is 5.04. The molecular weight excluding hydrogens is 437 g/mol. The van der Waals surface area contributed by atoms with Crippen LogP contribution in [0.3, 0.4) is 0 Å². The van der Waals surface area contributed by atoms with Gasteiger partial charge in [0.1, 0.15) is 12.6 Å². The van der Waals surface area contributed by atoms with E-state index in [1.54, 1.807) is 31.3 Å². The van der Waals surface area contributed by atoms with Crippen LogP contribution in [0, 0.1) is 0 Å². The molecule has 5 rings (SSSR count). The third-order valence-electron chi connectivity index (χ3n) is 6.38. The van der Waals surface area contributed by atoms with Gasteiger partial charge in [-0.3, -0.25) is 9.59 Å². The maximum atomic E-state index is 15.6. The largest absolute Gasteiger partial charge is 0.379 e. The predicted molar refractivity (Wildman–Crippen MR) is 111 cm³/mol. The topological polar surface area (TPSA) is 77.3 Å². The van der Waals surface area contributed by atoms with Gasteiger partial charge in [0.05, 0.1) is 25.2 Å². The number of carbonyl (C=O) groups is 2. The summed E-state index contributed by atoms with van der Waals surface area (Å²) in [6, 6.07) is 9.22. The van der Waals surface area contributed by atoms with Gasteiger partial charge in [-0.2, -0.15) is 0 Å². The highest BCUT2D eigenvalue weighted by molar-refractivity contribution is 6.11. The molecule has 10 heteroatoms. The molecule has 1 atom stereocenters. The van der Waals surface area contributed by atoms with Crippen LogP contribution in [-0.4, -0.2) is 40.2 Å². The van der Waals surface area contributed by atoms with Crippen molar-refractivity contribution in [1.29, 1.82) is 0 Å². The van der Waals surface area contributed by atoms with Gasteiger partial charge in [-0.15, -0.1) is 10.2 Å². The molecule has 0 radical (unpaired) electrons. The molecule has 170 valence electrons. The lowest BCUT2D eigenvalue weighted by atomic mass is 9.74. The fraction of sp³-hybridized carbons (Fsp3) is 0.304. The number of nitrogens with zero attached hydrogens (tertiary/aromatic N) is 4. The van der Waals surface area contributed by atoms with Gasteiger partial charge in [-0.25, -0.2) is 13.2 Å². The molecule has 0 N–H and O–H groups in total. The highest BCUT2D eigenvalue weighted by atomic mass is 19.3. The number of benzene rings is 2. The third kappa shape index (κ3) is 3.24. The number of aldehydes is 1. The van der Waals surface area contributed by atoms with Crippen molar-refractivity contribution in [1.82, 2.24) is 14.8 Å². The number of halogens is 3. The van der Waals surface area contributed by atoms with E-state index in [0.717, 1.165) is 6.07 Å². The summed E-state index contributed by atoms with van der Waals surface area (Å²) >= 11 is 0. The normalized spacial score (nSPS) is 17.7. The maximum Gasteiger partial charge on any atom is 0.264 e. The number of amides is 1. The van der Waals surface area contributed by atoms with E-state index in [-0.39, 0.29) is 47.8 Å². The Bertz CT molecular complexity index is 1260. The summed E-state index contributed by atoms with van der Waals surface area (Å²) < 4.78 is 49.7. The molecule has 7 nitrogen and oxygen atoms in total. The predicted octanol–water partition coefficient (Wildman–Crippen LogP) is 3.70. The van der Waals surface area contributed by atoms with Gasteiger partial charge in [0.15, 0.2) is 12.0 Å². The van der Waals surface area contributed by atoms with Gasteiger partial charge in [0.2, 0.25) is 0 Å². The van der Waals surface area contributed by atoms with E-state index in [1.165, 1.54) is 21.9 Å². The zero-order chi connectivity index (χ0) is 23.3. The molecule has 2 aromatic carbocycles. The molecule has 3 heterocycles. The summed E-state index contributed by atoms with van der Waals surface area (Å²) in [5.74, 6) is -0.326. The number of hydrogen-bond donors (Lipinski definition) is 0. The number of fused-ring (bicyclic) bond motifs is 1. The molecule has 1 unspecified atom stereocenters. The minimum absolute atomic E-state index is 0.0162. The number of aromatic nitrogens is 3. The van der Waals surface area contributed by atoms with E-state index in [4.69, 9.17) is 4.74 Å². The van der Waals surface area contributed by atoms with Crippen molar-refractivity contribution >= 4 is 17.9 Å². The zero-order valence-corrected chi connectivity index (χ0v) is 17.5. The molecule has 33 heavy (non-hydrogen) atoms. The molecule has 0 bridgehead atoms. The average Bonchev–Trinajstić information content (AvgIpc) is 3.35. The van der Waals surface area contributed by atoms with Crippen molar-refractivity contribution in [3.05, 3.63) is 76.4 Å². The van der Waals surface area contributed by atoms with Gasteiger partial charge in [0.25, 0.3) is 12.3 Å². The molecule has 3 aromatic rings. The molecule has 0 saturated carbocycles. The number of anilines is 1. The van der Waals surface area contributed by atoms with Crippen molar-refractivity contribution < 1.29 is 27.5 Å². The summed E-state index contributed by atoms with van der Waals surface area (Å²) in [7, 11) is 1.65. The quantitative estimate of drug-likeness (QED) is 0.529. The number of carbonyl (C=O) groups excluding carboxylic acids is 2. The van der Waals surface area contributed by atoms with Crippen LogP contribution >= 0.6 is 0 Å². The standard InChI is InChI=1S/C23H19F3N4O3/c1-29-12-27-28-21(29)19(24)23(10-33-11-23)14-3-2-4-15(7-14)30-8-18-16(20(25)26)5-13(9-31)6-17(18)22(30)32/h2-7,9,12,19-20H,8,10-11H2,1H3. The Balaban J connectivity index is 1.52. The van der Waals surface area contributed by atoms with Crippen LogP contribution in [0.5, 0.6) is 0 Å². The first-order chi connectivity index (χ1) is 15.9. The first kappa shape index (κ1) is 21.3. The van der Waals surface area contributed by atoms with E-state index in [0.29, 0.717) is 17.5 Å². The van der Waals surface area contributed by atoms with Crippen molar-refractivity contribution in [3.63, 3.8) is 0 Å². The Hall–Kier alpha value is -3.53. The summed E-state index contributed by atoms with van der Waals surface area (Å²) in [6.07, 6.45) is -2.47. The molecule has 0 aliphatic carbocycles. The van der Waals surface area contributed by atoms with E-state index < -0.39 is 23.9 Å². The van der Waals surface area contributed by atoms with E-state index in [1.807, 2.05) is 0 Å². The van der Waals surface area contributed by atoms with E-state index in [2.05, 4.69) is 10.2 Å². The fourth-order valence-corrected chi connectivity index (χ4v) is 4.47. The SMILES string of the molecule is Cn1cnnc1C(F)C1(c2cccc(N3Cc4c(cc(C=O)cc4C(F)F)C3=O)c2)COC1. The van der Waals surface area contributed by atoms with Crippen LogP contribution in [0.25, 0.3) is 0 Å². The second kappa shape index (κ2) is 7.80. The Labute approximate surface area is 186 Å². The summed E-state index contributed by atoms with van der Waals surface area (Å²) in [4.78, 5) is 25.6. The fourth-order valence-electron chi connectivity index (χ4n) is 4.47. The first-order valence-electron chi connectivity index (χ1n) is 10.2. The van der Waals surface area contributed by atoms with Crippen LogP contribution in [0.1, 0.15) is 55.8 Å². The van der Waals surface area contributed by atoms with Crippen LogP contribution < -0.4 is 4.90 Å². The molecule has 2 aliphatic rings. The lowest BCUT2D eigenvalue weighted by Gasteiger charge is -2.43. The molecule has 0 spiro atoms. The summed E-state index contributed by atoms with van der Waals surface area (Å²) in [5.41, 5.74) is -0.0181. The molecular formula is C23H19F3N4O3. The lowest BCUT2D eigenvalue weighted by molar-refractivity contribution is -0.102. The lowest BCUT2D eigenvalue weighted by Crippen LogP contribution is -2.50. The van der Waals surface area contributed by atoms with E-state index in [9.17, 15) is 18.4 Å². The Morgan fingerprint density at radius 3 is 2.58 bits per heavy atom. The first-order valence-corrected chi connectivity index (χ1v) is 10.2. The van der Waals surface area contributed by atoms with Crippen molar-refractivity contribution in [2.24, 2.45) is 7.05 Å². The summed E-state index contributed by atoms with van der Waals surface area (Å²) in [6.45, 7) is 0.177. The third-order valence-corrected chi connectivity index (χ3v) is 6.38. The van der Waals surface area contributed by atoms with Gasteiger partial charge < -0.3 is 14.2 Å². The smallest absolute Gasteiger partial charge is 0.264 e. The van der Waals surface area contributed by atoms with Gasteiger partial charge >= 0.3 is 0 Å². The number of hydrogen-bond acceptors (Lipinski definition) is 5. The number of alkyl halides is 3. The van der Waals surface area contributed by atoms with Gasteiger partial charge in [-0.05, 0) is 35.4 Å². The van der Waals surface area contributed by atoms with Gasteiger partial charge in [-0.1, -0.05) is 12.1 Å². The molecule has 1 fully saturated rings. The van der Waals surface area contributed by atoms with Crippen LogP contribution in [0.2, 0.25) is 0 Å². The molecule has 2 aliphatic heterocycles. The minimum Gasteiger partial charge on any atom is -0.379 e. The zero-order valence-electron chi connectivity index (χ0n) is 17.5. The van der Waals surface area contributed by atoms with E-state index >= 15 is 4.39 Å². The monoisotopic (exact) mass is 456 g/mol. The van der Waals surface area contributed by atoms with Crippen molar-refractivity contribution in [2.75, 3.05) is 18.1 Å². The number of ether oxygens (including phenoxy) is 1. The number of aryl methyl sites for hydroxylation is 1. The maximum absolute atomic E-state index is 15.6. The highest BCUT2D eigenvalue weighted by Crippen LogP contribution is 2.46. The Morgan fingerprint density at radius 1 is 1.18 bits per heavy atom. The highest BCUT2D eigenvalue weighted by Gasteiger charge is 2.50. The second-order valence-corrected chi connectivity index (χ2v) is 8.31. The summed E-state index contributed by atoms with van der Waals surface area (Å²) in [5, 5.41) is 7.64. The van der Waals surface area contributed by atoms with Crippen molar-refractivity contribution in [3.8, 4) is 0 Å². The molecule has 1 amide bonds. The van der Waals surface area contributed by atoms with Crippen LogP contribution in [-0.2, 0) is 23.7 Å². The van der Waals surface area contributed by atoms with Gasteiger partial charge in [0, 0.05) is 29.4 Å². The number of rotatable bonds is 6. The minimum atomic E-state index is -2.83. The molecule has 1 saturated heterocycles. The van der Waals surface area contributed by atoms with Crippen LogP contribution in [0.15, 0.2) is 42.7 Å². The Morgan fingerprint density at radius 2 is 1.97 bits per heavy atom. The van der Waals surface area contributed by atoms with Crippen molar-refractivity contribution in [2.45, 2.75) is 24.6 Å². The second-order valence-electron chi connectivity index (χ2n) is 8.31. The average molecular weight is 456 g/mol.